The van der Waals surface area contributed by atoms with Crippen LogP contribution in [-0.2, 0) is 32.0 Å². The van der Waals surface area contributed by atoms with E-state index in [1.54, 1.807) is 6.07 Å². The van der Waals surface area contributed by atoms with Crippen LogP contribution in [0.3, 0.4) is 0 Å². The first-order valence-electron chi connectivity index (χ1n) is 9.81. The van der Waals surface area contributed by atoms with Crippen LogP contribution in [0.2, 0.25) is 0 Å². The summed E-state index contributed by atoms with van der Waals surface area (Å²) in [6.07, 6.45) is 0.128. The number of phenolic OH excluding ortho intramolecular Hbond substituents is 4. The van der Waals surface area contributed by atoms with Gasteiger partial charge in [-0.2, -0.15) is 0 Å². The first kappa shape index (κ1) is 22.7. The molecule has 5 N–H and O–H groups in total. The summed E-state index contributed by atoms with van der Waals surface area (Å²) in [6.45, 7) is 0.896. The van der Waals surface area contributed by atoms with Crippen LogP contribution in [-0.4, -0.2) is 62.8 Å². The quantitative estimate of drug-likeness (QED) is 0.336. The number of fused-ring (bicyclic) bond motifs is 1. The molecule has 0 saturated carbocycles. The topological polar surface area (TPSA) is 157 Å². The van der Waals surface area contributed by atoms with Crippen LogP contribution in [0.5, 0.6) is 23.0 Å². The largest absolute Gasteiger partial charge is 0.504 e. The molecular weight excluding hydrogens is 420 g/mol. The van der Waals surface area contributed by atoms with Gasteiger partial charge in [0, 0.05) is 13.3 Å². The van der Waals surface area contributed by atoms with Crippen LogP contribution in [0.1, 0.15) is 29.7 Å². The molecule has 2 aromatic carbocycles. The van der Waals surface area contributed by atoms with Gasteiger partial charge in [-0.3, -0.25) is 9.59 Å². The molecule has 0 radical (unpaired) electrons. The standard InChI is InChI=1S/C22H24N2O8/c1-11(25)23-10-21(30)24-15(5-12-3-4-17(26)18(27)6-12)14-9-20(29)19(28)8-13(14)7-16(24)22(31)32-2/h3-4,6,8-9,15-16,26-29H,5,7,10H2,1-2H3,(H,23,25)/t15-,16-/m0/s1. The van der Waals surface area contributed by atoms with Crippen LogP contribution in [0.25, 0.3) is 0 Å². The van der Waals surface area contributed by atoms with E-state index in [4.69, 9.17) is 4.74 Å². The van der Waals surface area contributed by atoms with E-state index in [1.807, 2.05) is 0 Å². The highest BCUT2D eigenvalue weighted by atomic mass is 16.5. The highest BCUT2D eigenvalue weighted by molar-refractivity contribution is 5.89. The van der Waals surface area contributed by atoms with Crippen molar-refractivity contribution in [3.8, 4) is 23.0 Å². The Kier molecular flexibility index (Phi) is 6.42. The summed E-state index contributed by atoms with van der Waals surface area (Å²) in [5.74, 6) is -3.09. The van der Waals surface area contributed by atoms with E-state index in [2.05, 4.69) is 5.32 Å². The van der Waals surface area contributed by atoms with Crippen LogP contribution < -0.4 is 5.32 Å². The van der Waals surface area contributed by atoms with Gasteiger partial charge in [0.2, 0.25) is 11.8 Å². The lowest BCUT2D eigenvalue weighted by molar-refractivity contribution is -0.155. The summed E-state index contributed by atoms with van der Waals surface area (Å²) in [4.78, 5) is 38.3. The zero-order valence-corrected chi connectivity index (χ0v) is 17.5. The second kappa shape index (κ2) is 9.04. The van der Waals surface area contributed by atoms with Crippen molar-refractivity contribution in [1.82, 2.24) is 10.2 Å². The normalized spacial score (nSPS) is 17.4. The van der Waals surface area contributed by atoms with Crippen molar-refractivity contribution in [2.24, 2.45) is 0 Å². The highest BCUT2D eigenvalue weighted by Crippen LogP contribution is 2.41. The van der Waals surface area contributed by atoms with E-state index in [0.29, 0.717) is 16.7 Å². The van der Waals surface area contributed by atoms with Crippen LogP contribution >= 0.6 is 0 Å². The minimum absolute atomic E-state index is 0.0268. The van der Waals surface area contributed by atoms with Gasteiger partial charge in [-0.15, -0.1) is 0 Å². The molecule has 0 fully saturated rings. The number of hydrogen-bond acceptors (Lipinski definition) is 8. The van der Waals surface area contributed by atoms with Gasteiger partial charge >= 0.3 is 5.97 Å². The van der Waals surface area contributed by atoms with Crippen molar-refractivity contribution in [3.05, 3.63) is 47.0 Å². The second-order valence-electron chi connectivity index (χ2n) is 7.54. The zero-order chi connectivity index (χ0) is 23.6. The summed E-state index contributed by atoms with van der Waals surface area (Å²) in [7, 11) is 1.19. The third-order valence-corrected chi connectivity index (χ3v) is 5.40. The lowest BCUT2D eigenvalue weighted by Crippen LogP contribution is -2.54. The van der Waals surface area contributed by atoms with Gasteiger partial charge in [0.1, 0.15) is 6.04 Å². The maximum Gasteiger partial charge on any atom is 0.328 e. The molecule has 1 aliphatic rings. The Bertz CT molecular complexity index is 1070. The second-order valence-corrected chi connectivity index (χ2v) is 7.54. The van der Waals surface area contributed by atoms with E-state index in [1.165, 1.54) is 43.2 Å². The Morgan fingerprint density at radius 2 is 1.69 bits per heavy atom. The predicted octanol–water partition coefficient (Wildman–Crippen LogP) is 0.855. The number of nitrogens with zero attached hydrogens (tertiary/aromatic N) is 1. The molecule has 2 aromatic rings. The van der Waals surface area contributed by atoms with Gasteiger partial charge in [0.15, 0.2) is 23.0 Å². The summed E-state index contributed by atoms with van der Waals surface area (Å²) in [6, 6.07) is 4.97. The molecule has 0 aromatic heterocycles. The Morgan fingerprint density at radius 3 is 2.31 bits per heavy atom. The average Bonchev–Trinajstić information content (AvgIpc) is 2.75. The number of nitrogens with one attached hydrogen (secondary N) is 1. The first-order valence-corrected chi connectivity index (χ1v) is 9.81. The number of benzene rings is 2. The molecule has 0 spiro atoms. The zero-order valence-electron chi connectivity index (χ0n) is 17.5. The smallest absolute Gasteiger partial charge is 0.328 e. The van der Waals surface area contributed by atoms with Gasteiger partial charge in [-0.05, 0) is 47.4 Å². The fraction of sp³-hybridized carbons (Fsp3) is 0.318. The van der Waals surface area contributed by atoms with Gasteiger partial charge in [0.05, 0.1) is 19.7 Å². The average molecular weight is 444 g/mol. The van der Waals surface area contributed by atoms with E-state index >= 15 is 0 Å². The molecule has 0 aliphatic carbocycles. The lowest BCUT2D eigenvalue weighted by Gasteiger charge is -2.42. The number of methoxy groups -OCH3 is 1. The summed E-state index contributed by atoms with van der Waals surface area (Å²) in [5.41, 5.74) is 1.56. The summed E-state index contributed by atoms with van der Waals surface area (Å²) >= 11 is 0. The number of rotatable bonds is 5. The van der Waals surface area contributed by atoms with E-state index < -0.39 is 35.6 Å². The maximum atomic E-state index is 13.1. The van der Waals surface area contributed by atoms with E-state index in [0.717, 1.165) is 0 Å². The number of hydrogen-bond donors (Lipinski definition) is 5. The molecular formula is C22H24N2O8. The van der Waals surface area contributed by atoms with Crippen molar-refractivity contribution >= 4 is 17.8 Å². The van der Waals surface area contributed by atoms with Crippen molar-refractivity contribution in [1.29, 1.82) is 0 Å². The third-order valence-electron chi connectivity index (χ3n) is 5.40. The number of carbonyl (C=O) groups excluding carboxylic acids is 3. The molecule has 170 valence electrons. The van der Waals surface area contributed by atoms with Gasteiger partial charge in [-0.1, -0.05) is 6.07 Å². The fourth-order valence-electron chi connectivity index (χ4n) is 3.90. The van der Waals surface area contributed by atoms with Crippen molar-refractivity contribution in [3.63, 3.8) is 0 Å². The fourth-order valence-corrected chi connectivity index (χ4v) is 3.90. The molecule has 1 heterocycles. The maximum absolute atomic E-state index is 13.1. The molecule has 1 aliphatic heterocycles. The molecule has 2 atom stereocenters. The third kappa shape index (κ3) is 4.53. The minimum atomic E-state index is -1.05. The van der Waals surface area contributed by atoms with Crippen molar-refractivity contribution in [2.75, 3.05) is 13.7 Å². The lowest BCUT2D eigenvalue weighted by atomic mass is 9.84. The molecule has 10 nitrogen and oxygen atoms in total. The number of ether oxygens (including phenoxy) is 1. The van der Waals surface area contributed by atoms with E-state index in [9.17, 15) is 34.8 Å². The summed E-state index contributed by atoms with van der Waals surface area (Å²) in [5, 5.41) is 42.0. The van der Waals surface area contributed by atoms with Crippen molar-refractivity contribution < 1.29 is 39.5 Å². The Morgan fingerprint density at radius 1 is 1.03 bits per heavy atom. The number of amides is 2. The Balaban J connectivity index is 2.12. The monoisotopic (exact) mass is 444 g/mol. The first-order chi connectivity index (χ1) is 15.1. The van der Waals surface area contributed by atoms with Crippen molar-refractivity contribution in [2.45, 2.75) is 31.8 Å². The number of carbonyl (C=O) groups is 3. The van der Waals surface area contributed by atoms with Crippen LogP contribution in [0, 0.1) is 0 Å². The number of phenols is 4. The number of esters is 1. The molecule has 32 heavy (non-hydrogen) atoms. The SMILES string of the molecule is COC(=O)[C@@H]1Cc2cc(O)c(O)cc2[C@H](Cc2ccc(O)c(O)c2)N1C(=O)CNC(C)=O. The molecule has 2 amide bonds. The number of aromatic hydroxyl groups is 4. The van der Waals surface area contributed by atoms with Gasteiger partial charge < -0.3 is 35.4 Å². The molecule has 0 saturated heterocycles. The van der Waals surface area contributed by atoms with Gasteiger partial charge in [-0.25, -0.2) is 4.79 Å². The molecule has 0 bridgehead atoms. The Hall–Kier alpha value is -3.95. The minimum Gasteiger partial charge on any atom is -0.504 e. The highest BCUT2D eigenvalue weighted by Gasteiger charge is 2.42. The molecule has 3 rings (SSSR count). The molecule has 10 heteroatoms. The van der Waals surface area contributed by atoms with Gasteiger partial charge in [0.25, 0.3) is 0 Å². The predicted molar refractivity (Wildman–Crippen MR) is 111 cm³/mol. The molecule has 0 unspecified atom stereocenters. The van der Waals surface area contributed by atoms with E-state index in [-0.39, 0.29) is 36.6 Å². The Labute approximate surface area is 183 Å². The van der Waals surface area contributed by atoms with Crippen LogP contribution in [0.4, 0.5) is 0 Å². The summed E-state index contributed by atoms with van der Waals surface area (Å²) < 4.78 is 4.89. The van der Waals surface area contributed by atoms with Crippen LogP contribution in [0.15, 0.2) is 30.3 Å².